The molecule has 0 fully saturated rings. The van der Waals surface area contributed by atoms with Gasteiger partial charge in [0.1, 0.15) is 0 Å². The first kappa shape index (κ1) is 9.92. The van der Waals surface area contributed by atoms with Crippen LogP contribution in [0.1, 0.15) is 17.6 Å². The SMILES string of the molecule is ON=C(Cl)c1ccccc1C(F)F. The van der Waals surface area contributed by atoms with E-state index in [9.17, 15) is 8.78 Å². The zero-order valence-corrected chi connectivity index (χ0v) is 7.17. The van der Waals surface area contributed by atoms with Gasteiger partial charge in [-0.25, -0.2) is 8.78 Å². The number of halogens is 3. The molecule has 0 aliphatic heterocycles. The Bertz CT molecular complexity index is 328. The lowest BCUT2D eigenvalue weighted by Crippen LogP contribution is -1.98. The minimum Gasteiger partial charge on any atom is -0.410 e. The number of nitrogens with zero attached hydrogens (tertiary/aromatic N) is 1. The van der Waals surface area contributed by atoms with E-state index in [4.69, 9.17) is 16.8 Å². The van der Waals surface area contributed by atoms with Gasteiger partial charge in [-0.3, -0.25) is 0 Å². The summed E-state index contributed by atoms with van der Waals surface area (Å²) in [4.78, 5) is 0. The van der Waals surface area contributed by atoms with Gasteiger partial charge in [-0.2, -0.15) is 0 Å². The molecule has 0 heterocycles. The van der Waals surface area contributed by atoms with Crippen molar-refractivity contribution in [3.8, 4) is 0 Å². The van der Waals surface area contributed by atoms with E-state index < -0.39 is 6.43 Å². The van der Waals surface area contributed by atoms with Gasteiger partial charge in [-0.05, 0) is 0 Å². The zero-order chi connectivity index (χ0) is 9.84. The third kappa shape index (κ3) is 2.15. The van der Waals surface area contributed by atoms with Crippen LogP contribution >= 0.6 is 11.6 Å². The Balaban J connectivity index is 3.20. The second-order valence-electron chi connectivity index (χ2n) is 2.28. The van der Waals surface area contributed by atoms with Crippen LogP contribution in [0.2, 0.25) is 0 Å². The predicted octanol–water partition coefficient (Wildman–Crippen LogP) is 3.00. The summed E-state index contributed by atoms with van der Waals surface area (Å²) < 4.78 is 24.7. The fourth-order valence-electron chi connectivity index (χ4n) is 0.929. The second kappa shape index (κ2) is 4.18. The number of hydrogen-bond acceptors (Lipinski definition) is 2. The van der Waals surface area contributed by atoms with Crippen LogP contribution in [0.15, 0.2) is 29.4 Å². The summed E-state index contributed by atoms with van der Waals surface area (Å²) in [6, 6.07) is 5.60. The molecule has 0 saturated carbocycles. The third-order valence-corrected chi connectivity index (χ3v) is 1.79. The first-order valence-electron chi connectivity index (χ1n) is 3.42. The maximum Gasteiger partial charge on any atom is 0.264 e. The summed E-state index contributed by atoms with van der Waals surface area (Å²) in [6.45, 7) is 0. The monoisotopic (exact) mass is 205 g/mol. The zero-order valence-electron chi connectivity index (χ0n) is 6.42. The maximum atomic E-state index is 12.3. The minimum absolute atomic E-state index is 0.0432. The molecule has 2 nitrogen and oxygen atoms in total. The molecule has 0 bridgehead atoms. The van der Waals surface area contributed by atoms with E-state index in [1.807, 2.05) is 0 Å². The molecule has 0 saturated heterocycles. The summed E-state index contributed by atoms with van der Waals surface area (Å²) in [6.07, 6.45) is -2.63. The fraction of sp³-hybridized carbons (Fsp3) is 0.125. The quantitative estimate of drug-likeness (QED) is 0.449. The van der Waals surface area contributed by atoms with Crippen molar-refractivity contribution < 1.29 is 14.0 Å². The first-order chi connectivity index (χ1) is 6.16. The standard InChI is InChI=1S/C8H6ClF2NO/c9-7(12-13)5-3-1-2-4-6(5)8(10)11/h1-4,8,13H. The molecule has 0 unspecified atom stereocenters. The Kier molecular flexibility index (Phi) is 3.19. The molecule has 13 heavy (non-hydrogen) atoms. The van der Waals surface area contributed by atoms with Gasteiger partial charge in [0.25, 0.3) is 6.43 Å². The number of rotatable bonds is 2. The van der Waals surface area contributed by atoms with Gasteiger partial charge in [-0.15, -0.1) is 0 Å². The van der Waals surface area contributed by atoms with E-state index in [-0.39, 0.29) is 16.3 Å². The summed E-state index contributed by atoms with van der Waals surface area (Å²) in [5.41, 5.74) is -0.202. The highest BCUT2D eigenvalue weighted by Crippen LogP contribution is 2.23. The van der Waals surface area contributed by atoms with Gasteiger partial charge in [-0.1, -0.05) is 41.0 Å². The van der Waals surface area contributed by atoms with Gasteiger partial charge in [0.15, 0.2) is 5.17 Å². The van der Waals surface area contributed by atoms with Crippen molar-refractivity contribution in [1.82, 2.24) is 0 Å². The number of hydrogen-bond donors (Lipinski definition) is 1. The van der Waals surface area contributed by atoms with E-state index in [1.165, 1.54) is 24.3 Å². The molecule has 0 atom stereocenters. The van der Waals surface area contributed by atoms with E-state index in [0.717, 1.165) is 0 Å². The Morgan fingerprint density at radius 3 is 2.54 bits per heavy atom. The molecule has 70 valence electrons. The fourth-order valence-corrected chi connectivity index (χ4v) is 1.10. The lowest BCUT2D eigenvalue weighted by atomic mass is 10.1. The van der Waals surface area contributed by atoms with Crippen molar-refractivity contribution in [2.45, 2.75) is 6.43 Å². The average Bonchev–Trinajstić information content (AvgIpc) is 2.16. The topological polar surface area (TPSA) is 32.6 Å². The summed E-state index contributed by atoms with van der Waals surface area (Å²) in [5.74, 6) is 0. The normalized spacial score (nSPS) is 12.2. The first-order valence-corrected chi connectivity index (χ1v) is 3.79. The highest BCUT2D eigenvalue weighted by Gasteiger charge is 2.14. The van der Waals surface area contributed by atoms with Crippen LogP contribution in [0, 0.1) is 0 Å². The van der Waals surface area contributed by atoms with Crippen molar-refractivity contribution >= 4 is 16.8 Å². The number of benzene rings is 1. The molecule has 1 aromatic carbocycles. The van der Waals surface area contributed by atoms with Crippen LogP contribution in [-0.4, -0.2) is 10.4 Å². The van der Waals surface area contributed by atoms with E-state index in [1.54, 1.807) is 0 Å². The molecule has 0 spiro atoms. The maximum absolute atomic E-state index is 12.3. The number of oxime groups is 1. The molecule has 0 radical (unpaired) electrons. The van der Waals surface area contributed by atoms with Crippen LogP contribution in [0.3, 0.4) is 0 Å². The second-order valence-corrected chi connectivity index (χ2v) is 2.64. The van der Waals surface area contributed by atoms with Crippen molar-refractivity contribution in [1.29, 1.82) is 0 Å². The molecule has 5 heteroatoms. The Hall–Kier alpha value is -1.16. The highest BCUT2D eigenvalue weighted by atomic mass is 35.5. The van der Waals surface area contributed by atoms with Crippen molar-refractivity contribution in [3.63, 3.8) is 0 Å². The number of alkyl halides is 2. The average molecular weight is 206 g/mol. The molecule has 0 aliphatic carbocycles. The lowest BCUT2D eigenvalue weighted by molar-refractivity contribution is 0.151. The molecule has 0 aliphatic rings. The Morgan fingerprint density at radius 1 is 1.38 bits per heavy atom. The molecule has 0 amide bonds. The van der Waals surface area contributed by atoms with Gasteiger partial charge >= 0.3 is 0 Å². The minimum atomic E-state index is -2.63. The molecular formula is C8H6ClF2NO. The Morgan fingerprint density at radius 2 is 2.00 bits per heavy atom. The molecule has 1 aromatic rings. The molecular weight excluding hydrogens is 200 g/mol. The van der Waals surface area contributed by atoms with Crippen LogP contribution in [0.4, 0.5) is 8.78 Å². The van der Waals surface area contributed by atoms with E-state index >= 15 is 0 Å². The van der Waals surface area contributed by atoms with Crippen LogP contribution in [-0.2, 0) is 0 Å². The van der Waals surface area contributed by atoms with Gasteiger partial charge in [0.05, 0.1) is 0 Å². The van der Waals surface area contributed by atoms with Crippen molar-refractivity contribution in [3.05, 3.63) is 35.4 Å². The predicted molar refractivity (Wildman–Crippen MR) is 45.6 cm³/mol. The molecule has 0 aromatic heterocycles. The lowest BCUT2D eigenvalue weighted by Gasteiger charge is -2.04. The summed E-state index contributed by atoms with van der Waals surface area (Å²) >= 11 is 5.41. The van der Waals surface area contributed by atoms with Crippen molar-refractivity contribution in [2.75, 3.05) is 0 Å². The van der Waals surface area contributed by atoms with Gasteiger partial charge in [0.2, 0.25) is 0 Å². The van der Waals surface area contributed by atoms with Crippen LogP contribution < -0.4 is 0 Å². The summed E-state index contributed by atoms with van der Waals surface area (Å²) in [5, 5.41) is 10.6. The van der Waals surface area contributed by atoms with Crippen LogP contribution in [0.5, 0.6) is 0 Å². The van der Waals surface area contributed by atoms with E-state index in [0.29, 0.717) is 0 Å². The van der Waals surface area contributed by atoms with Gasteiger partial charge in [0, 0.05) is 11.1 Å². The largest absolute Gasteiger partial charge is 0.410 e. The summed E-state index contributed by atoms with van der Waals surface area (Å²) in [7, 11) is 0. The Labute approximate surface area is 78.4 Å². The van der Waals surface area contributed by atoms with E-state index in [2.05, 4.69) is 5.16 Å². The van der Waals surface area contributed by atoms with Crippen molar-refractivity contribution in [2.24, 2.45) is 5.16 Å². The highest BCUT2D eigenvalue weighted by molar-refractivity contribution is 6.69. The third-order valence-electron chi connectivity index (χ3n) is 1.51. The van der Waals surface area contributed by atoms with Gasteiger partial charge < -0.3 is 5.21 Å². The molecule has 1 rings (SSSR count). The smallest absolute Gasteiger partial charge is 0.264 e. The van der Waals surface area contributed by atoms with Crippen LogP contribution in [0.25, 0.3) is 0 Å². The molecule has 1 N–H and O–H groups in total.